The highest BCUT2D eigenvalue weighted by Crippen LogP contribution is 2.26. The maximum atomic E-state index is 11.7. The Balaban J connectivity index is 0.00000300. The van der Waals surface area contributed by atoms with Gasteiger partial charge in [0, 0.05) is 31.7 Å². The molecule has 1 aromatic carbocycles. The summed E-state index contributed by atoms with van der Waals surface area (Å²) in [6.07, 6.45) is 6.68. The summed E-state index contributed by atoms with van der Waals surface area (Å²) in [5, 5.41) is 6.97. The first kappa shape index (κ1) is 23.9. The predicted molar refractivity (Wildman–Crippen MR) is 128 cm³/mol. The van der Waals surface area contributed by atoms with Crippen molar-refractivity contribution in [3.8, 4) is 0 Å². The van der Waals surface area contributed by atoms with Gasteiger partial charge in [-0.25, -0.2) is 9.79 Å². The van der Waals surface area contributed by atoms with Crippen molar-refractivity contribution in [1.82, 2.24) is 15.5 Å². The van der Waals surface area contributed by atoms with E-state index in [1.807, 2.05) is 19.1 Å². The fraction of sp³-hybridized carbons (Fsp3) is 0.636. The van der Waals surface area contributed by atoms with Gasteiger partial charge in [0.15, 0.2) is 5.96 Å². The molecule has 2 aliphatic rings. The molecule has 6 nitrogen and oxygen atoms in total. The lowest BCUT2D eigenvalue weighted by molar-refractivity contribution is 0.0526. The van der Waals surface area contributed by atoms with Gasteiger partial charge in [-0.3, -0.25) is 4.90 Å². The first-order chi connectivity index (χ1) is 13.7. The number of ether oxygens (including phenoxy) is 1. The van der Waals surface area contributed by atoms with Crippen molar-refractivity contribution in [1.29, 1.82) is 0 Å². The molecule has 0 radical (unpaired) electrons. The molecule has 1 saturated carbocycles. The van der Waals surface area contributed by atoms with E-state index in [0.29, 0.717) is 24.8 Å². The predicted octanol–water partition coefficient (Wildman–Crippen LogP) is 3.55. The molecule has 1 saturated heterocycles. The average molecular weight is 514 g/mol. The number of carbonyl (C=O) groups is 1. The number of benzene rings is 1. The molecule has 2 N–H and O–H groups in total. The lowest BCUT2D eigenvalue weighted by Crippen LogP contribution is -2.45. The minimum Gasteiger partial charge on any atom is -0.462 e. The van der Waals surface area contributed by atoms with Gasteiger partial charge in [0.05, 0.1) is 18.7 Å². The zero-order valence-electron chi connectivity index (χ0n) is 17.7. The van der Waals surface area contributed by atoms with E-state index in [1.165, 1.54) is 38.6 Å². The van der Waals surface area contributed by atoms with E-state index in [0.717, 1.165) is 30.7 Å². The molecule has 1 aliphatic heterocycles. The second kappa shape index (κ2) is 12.4. The zero-order chi connectivity index (χ0) is 19.8. The molecular formula is C22H35IN4O2. The van der Waals surface area contributed by atoms with Crippen LogP contribution >= 0.6 is 24.0 Å². The van der Waals surface area contributed by atoms with Crippen LogP contribution in [0.2, 0.25) is 0 Å². The fourth-order valence-corrected chi connectivity index (χ4v) is 4.15. The van der Waals surface area contributed by atoms with Crippen molar-refractivity contribution in [3.05, 3.63) is 35.4 Å². The molecule has 2 fully saturated rings. The Morgan fingerprint density at radius 2 is 1.90 bits per heavy atom. The zero-order valence-corrected chi connectivity index (χ0v) is 20.0. The van der Waals surface area contributed by atoms with Crippen molar-refractivity contribution < 1.29 is 9.53 Å². The van der Waals surface area contributed by atoms with E-state index in [4.69, 9.17) is 9.73 Å². The third-order valence-corrected chi connectivity index (χ3v) is 5.63. The van der Waals surface area contributed by atoms with Crippen molar-refractivity contribution in [2.45, 2.75) is 64.6 Å². The lowest BCUT2D eigenvalue weighted by Gasteiger charge is -2.24. The van der Waals surface area contributed by atoms with E-state index in [2.05, 4.69) is 22.5 Å². The number of rotatable bonds is 7. The first-order valence-electron chi connectivity index (χ1n) is 10.7. The molecule has 0 bridgehead atoms. The monoisotopic (exact) mass is 514 g/mol. The Bertz CT molecular complexity index is 659. The summed E-state index contributed by atoms with van der Waals surface area (Å²) in [6, 6.07) is 8.75. The number of nitrogens with one attached hydrogen (secondary N) is 2. The van der Waals surface area contributed by atoms with Crippen LogP contribution in [0, 0.1) is 0 Å². The van der Waals surface area contributed by atoms with Crippen molar-refractivity contribution in [2.24, 2.45) is 4.99 Å². The molecule has 29 heavy (non-hydrogen) atoms. The fourth-order valence-electron chi connectivity index (χ4n) is 4.15. The molecule has 0 aromatic heterocycles. The number of likely N-dealkylation sites (tertiary alicyclic amines) is 1. The minimum absolute atomic E-state index is 0. The molecule has 1 unspecified atom stereocenters. The smallest absolute Gasteiger partial charge is 0.338 e. The van der Waals surface area contributed by atoms with Crippen LogP contribution in [0.4, 0.5) is 0 Å². The molecule has 1 heterocycles. The Kier molecular flexibility index (Phi) is 10.2. The van der Waals surface area contributed by atoms with Gasteiger partial charge in [0.1, 0.15) is 0 Å². The summed E-state index contributed by atoms with van der Waals surface area (Å²) in [7, 11) is 0. The standard InChI is InChI=1S/C22H34N4O2.HI/c1-3-23-22(25-19-13-14-26(16-19)20-7-5-6-8-20)24-15-17-9-11-18(12-10-17)21(27)28-4-2;/h9-12,19-20H,3-8,13-16H2,1-2H3,(H2,23,24,25);1H. The normalized spacial score (nSPS) is 20.3. The molecule has 1 aromatic rings. The number of halogens is 1. The van der Waals surface area contributed by atoms with Crippen LogP contribution in [0.15, 0.2) is 29.3 Å². The highest BCUT2D eigenvalue weighted by molar-refractivity contribution is 14.0. The van der Waals surface area contributed by atoms with Gasteiger partial charge in [-0.15, -0.1) is 24.0 Å². The third-order valence-electron chi connectivity index (χ3n) is 5.63. The summed E-state index contributed by atoms with van der Waals surface area (Å²) in [5.41, 5.74) is 1.65. The topological polar surface area (TPSA) is 66.0 Å². The van der Waals surface area contributed by atoms with Gasteiger partial charge >= 0.3 is 5.97 Å². The number of esters is 1. The largest absolute Gasteiger partial charge is 0.462 e. The number of nitrogens with zero attached hydrogens (tertiary/aromatic N) is 2. The Labute approximate surface area is 191 Å². The lowest BCUT2D eigenvalue weighted by atomic mass is 10.1. The average Bonchev–Trinajstić information content (AvgIpc) is 3.39. The molecule has 0 amide bonds. The van der Waals surface area contributed by atoms with Crippen LogP contribution in [-0.4, -0.2) is 55.2 Å². The number of aliphatic imine (C=N–C) groups is 1. The maximum Gasteiger partial charge on any atom is 0.338 e. The van der Waals surface area contributed by atoms with E-state index in [1.54, 1.807) is 12.1 Å². The van der Waals surface area contributed by atoms with Crippen LogP contribution in [0.25, 0.3) is 0 Å². The molecular weight excluding hydrogens is 479 g/mol. The Morgan fingerprint density at radius 3 is 2.55 bits per heavy atom. The van der Waals surface area contributed by atoms with E-state index < -0.39 is 0 Å². The minimum atomic E-state index is -0.277. The molecule has 1 aliphatic carbocycles. The third kappa shape index (κ3) is 7.13. The molecule has 0 spiro atoms. The highest BCUT2D eigenvalue weighted by Gasteiger charge is 2.30. The second-order valence-corrected chi connectivity index (χ2v) is 7.68. The van der Waals surface area contributed by atoms with Gasteiger partial charge in [0.25, 0.3) is 0 Å². The van der Waals surface area contributed by atoms with Crippen LogP contribution in [0.1, 0.15) is 61.9 Å². The van der Waals surface area contributed by atoms with E-state index in [9.17, 15) is 4.79 Å². The van der Waals surface area contributed by atoms with Crippen molar-refractivity contribution in [2.75, 3.05) is 26.2 Å². The number of hydrogen-bond acceptors (Lipinski definition) is 4. The second-order valence-electron chi connectivity index (χ2n) is 7.68. The van der Waals surface area contributed by atoms with E-state index >= 15 is 0 Å². The van der Waals surface area contributed by atoms with Gasteiger partial charge in [-0.2, -0.15) is 0 Å². The van der Waals surface area contributed by atoms with Gasteiger partial charge in [-0.1, -0.05) is 25.0 Å². The molecule has 3 rings (SSSR count). The van der Waals surface area contributed by atoms with Crippen LogP contribution < -0.4 is 10.6 Å². The van der Waals surface area contributed by atoms with Gasteiger partial charge in [0.2, 0.25) is 0 Å². The van der Waals surface area contributed by atoms with Crippen LogP contribution in [0.5, 0.6) is 0 Å². The Morgan fingerprint density at radius 1 is 1.17 bits per heavy atom. The summed E-state index contributed by atoms with van der Waals surface area (Å²) < 4.78 is 5.03. The van der Waals surface area contributed by atoms with Gasteiger partial charge in [-0.05, 0) is 50.8 Å². The van der Waals surface area contributed by atoms with Crippen molar-refractivity contribution in [3.63, 3.8) is 0 Å². The van der Waals surface area contributed by atoms with E-state index in [-0.39, 0.29) is 29.9 Å². The first-order valence-corrected chi connectivity index (χ1v) is 10.7. The highest BCUT2D eigenvalue weighted by atomic mass is 127. The van der Waals surface area contributed by atoms with Crippen molar-refractivity contribution >= 4 is 35.9 Å². The molecule has 162 valence electrons. The van der Waals surface area contributed by atoms with Crippen LogP contribution in [-0.2, 0) is 11.3 Å². The number of guanidine groups is 1. The van der Waals surface area contributed by atoms with Crippen LogP contribution in [0.3, 0.4) is 0 Å². The Hall–Kier alpha value is -1.35. The van der Waals surface area contributed by atoms with Gasteiger partial charge < -0.3 is 15.4 Å². The maximum absolute atomic E-state index is 11.7. The summed E-state index contributed by atoms with van der Waals surface area (Å²) >= 11 is 0. The molecule has 7 heteroatoms. The quantitative estimate of drug-likeness (QED) is 0.252. The summed E-state index contributed by atoms with van der Waals surface area (Å²) in [5.74, 6) is 0.593. The molecule has 1 atom stereocenters. The SMILES string of the molecule is CCNC(=NCc1ccc(C(=O)OCC)cc1)NC1CCN(C2CCCC2)C1.I. The summed E-state index contributed by atoms with van der Waals surface area (Å²) in [4.78, 5) is 19.1. The number of carbonyl (C=O) groups excluding carboxylic acids is 1. The number of hydrogen-bond donors (Lipinski definition) is 2. The summed E-state index contributed by atoms with van der Waals surface area (Å²) in [6.45, 7) is 8.02.